The molecule has 0 aliphatic carbocycles. The normalized spacial score (nSPS) is 20.5. The Morgan fingerprint density at radius 3 is 2.85 bits per heavy atom. The van der Waals surface area contributed by atoms with Gasteiger partial charge in [-0.1, -0.05) is 0 Å². The highest BCUT2D eigenvalue weighted by atomic mass is 19.1. The molecule has 2 unspecified atom stereocenters. The summed E-state index contributed by atoms with van der Waals surface area (Å²) in [6.07, 6.45) is 3.89. The van der Waals surface area contributed by atoms with Crippen molar-refractivity contribution in [3.05, 3.63) is 58.5 Å². The predicted octanol–water partition coefficient (Wildman–Crippen LogP) is 1.14. The quantitative estimate of drug-likeness (QED) is 0.532. The van der Waals surface area contributed by atoms with Crippen molar-refractivity contribution in [2.75, 3.05) is 39.4 Å². The Morgan fingerprint density at radius 2 is 1.97 bits per heavy atom. The summed E-state index contributed by atoms with van der Waals surface area (Å²) >= 11 is 0. The average Bonchev–Trinajstić information content (AvgIpc) is 2.85. The Hall–Kier alpha value is -3.08. The van der Waals surface area contributed by atoms with Crippen molar-refractivity contribution in [2.24, 2.45) is 11.7 Å². The molecule has 2 aliphatic rings. The molecule has 0 spiro atoms. The van der Waals surface area contributed by atoms with Gasteiger partial charge >= 0.3 is 0 Å². The zero-order valence-corrected chi connectivity index (χ0v) is 19.0. The van der Waals surface area contributed by atoms with Crippen molar-refractivity contribution in [3.8, 4) is 11.5 Å². The van der Waals surface area contributed by atoms with Crippen LogP contribution in [0.3, 0.4) is 0 Å². The van der Waals surface area contributed by atoms with Crippen LogP contribution in [0.25, 0.3) is 11.0 Å². The molecule has 0 bridgehead atoms. The molecule has 1 aromatic carbocycles. The molecular weight excluding hydrogens is 439 g/mol. The third-order valence-corrected chi connectivity index (χ3v) is 6.52. The van der Waals surface area contributed by atoms with Crippen LogP contribution in [-0.4, -0.2) is 64.9 Å². The number of nitrogens with one attached hydrogen (secondary N) is 1. The first-order valence-corrected chi connectivity index (χ1v) is 11.6. The van der Waals surface area contributed by atoms with Gasteiger partial charge in [0.05, 0.1) is 29.1 Å². The van der Waals surface area contributed by atoms with E-state index in [1.165, 1.54) is 18.3 Å². The summed E-state index contributed by atoms with van der Waals surface area (Å²) in [4.78, 5) is 23.3. The smallest absolute Gasteiger partial charge is 0.269 e. The second-order valence-electron chi connectivity index (χ2n) is 8.84. The third-order valence-electron chi connectivity index (χ3n) is 6.52. The van der Waals surface area contributed by atoms with Crippen LogP contribution in [0.15, 0.2) is 41.5 Å². The van der Waals surface area contributed by atoms with Gasteiger partial charge in [0.1, 0.15) is 19.0 Å². The highest BCUT2D eigenvalue weighted by Gasteiger charge is 2.26. The molecule has 10 heteroatoms. The lowest BCUT2D eigenvalue weighted by atomic mass is 9.92. The van der Waals surface area contributed by atoms with Crippen LogP contribution < -0.4 is 26.1 Å². The number of hydrogen-bond acceptors (Lipinski definition) is 8. The summed E-state index contributed by atoms with van der Waals surface area (Å²) in [5.74, 6) is 1.31. The van der Waals surface area contributed by atoms with E-state index in [4.69, 9.17) is 15.2 Å². The molecular formula is C24H29FN6O3. The summed E-state index contributed by atoms with van der Waals surface area (Å²) in [5.41, 5.74) is 8.20. The minimum atomic E-state index is -0.378. The molecule has 34 heavy (non-hydrogen) atoms. The molecule has 2 aliphatic heterocycles. The van der Waals surface area contributed by atoms with E-state index in [2.05, 4.69) is 20.2 Å². The van der Waals surface area contributed by atoms with Gasteiger partial charge in [0.2, 0.25) is 0 Å². The van der Waals surface area contributed by atoms with Gasteiger partial charge in [0.25, 0.3) is 5.56 Å². The van der Waals surface area contributed by atoms with Crippen LogP contribution >= 0.6 is 0 Å². The first-order valence-electron chi connectivity index (χ1n) is 11.6. The Kier molecular flexibility index (Phi) is 6.70. The maximum atomic E-state index is 13.8. The van der Waals surface area contributed by atoms with E-state index < -0.39 is 0 Å². The van der Waals surface area contributed by atoms with Crippen LogP contribution in [0.2, 0.25) is 0 Å². The van der Waals surface area contributed by atoms with Crippen molar-refractivity contribution in [1.82, 2.24) is 24.8 Å². The van der Waals surface area contributed by atoms with Gasteiger partial charge in [-0.3, -0.25) is 9.78 Å². The number of aromatic nitrogens is 3. The van der Waals surface area contributed by atoms with Crippen LogP contribution in [0.4, 0.5) is 4.39 Å². The average molecular weight is 469 g/mol. The number of halogens is 1. The number of fused-ring (bicyclic) bond motifs is 2. The van der Waals surface area contributed by atoms with E-state index >= 15 is 0 Å². The van der Waals surface area contributed by atoms with E-state index in [0.717, 1.165) is 37.5 Å². The van der Waals surface area contributed by atoms with E-state index in [-0.39, 0.29) is 23.3 Å². The second kappa shape index (κ2) is 10.0. The van der Waals surface area contributed by atoms with Gasteiger partial charge < -0.3 is 30.0 Å². The van der Waals surface area contributed by atoms with Gasteiger partial charge in [-0.2, -0.15) is 0 Å². The van der Waals surface area contributed by atoms with Crippen LogP contribution in [-0.2, 0) is 13.1 Å². The molecule has 3 aromatic rings. The maximum absolute atomic E-state index is 13.8. The Labute approximate surface area is 196 Å². The highest BCUT2D eigenvalue weighted by molar-refractivity contribution is 5.74. The van der Waals surface area contributed by atoms with Crippen LogP contribution in [0.1, 0.15) is 12.1 Å². The van der Waals surface area contributed by atoms with Crippen molar-refractivity contribution in [1.29, 1.82) is 0 Å². The van der Waals surface area contributed by atoms with E-state index in [9.17, 15) is 9.18 Å². The largest absolute Gasteiger partial charge is 0.486 e. The zero-order valence-electron chi connectivity index (χ0n) is 19.0. The van der Waals surface area contributed by atoms with E-state index in [0.29, 0.717) is 49.6 Å². The summed E-state index contributed by atoms with van der Waals surface area (Å²) in [6, 6.07) is 6.34. The molecule has 9 nitrogen and oxygen atoms in total. The predicted molar refractivity (Wildman–Crippen MR) is 125 cm³/mol. The molecule has 0 amide bonds. The molecule has 4 heterocycles. The Morgan fingerprint density at radius 1 is 1.12 bits per heavy atom. The number of likely N-dealkylation sites (tertiary alicyclic amines) is 1. The molecule has 2 aromatic heterocycles. The minimum absolute atomic E-state index is 0.107. The molecule has 0 saturated carbocycles. The van der Waals surface area contributed by atoms with Gasteiger partial charge in [0, 0.05) is 44.8 Å². The fraction of sp³-hybridized carbons (Fsp3) is 0.458. The number of nitrogens with two attached hydrogens (primary N) is 1. The standard InChI is InChI=1S/C24H29FN6O3/c25-17-1-2-20-21(9-17)31(24(32)14-29-20)6-5-30-4-3-19(26)16(15-30)11-27-12-18-10-22-23(13-28-18)34-8-7-33-22/h1-2,9-10,13-14,16,19,27H,3-8,11-12,15,26H2. The number of benzene rings is 1. The van der Waals surface area contributed by atoms with Gasteiger partial charge in [-0.25, -0.2) is 9.37 Å². The lowest BCUT2D eigenvalue weighted by Gasteiger charge is -2.37. The number of pyridine rings is 1. The van der Waals surface area contributed by atoms with Gasteiger partial charge in [0.15, 0.2) is 11.5 Å². The van der Waals surface area contributed by atoms with Crippen molar-refractivity contribution in [2.45, 2.75) is 25.6 Å². The molecule has 2 atom stereocenters. The summed E-state index contributed by atoms with van der Waals surface area (Å²) in [6.45, 7) is 5.32. The number of nitrogens with zero attached hydrogens (tertiary/aromatic N) is 4. The molecule has 3 N–H and O–H groups in total. The maximum Gasteiger partial charge on any atom is 0.269 e. The first-order chi connectivity index (χ1) is 16.6. The molecule has 5 rings (SSSR count). The summed E-state index contributed by atoms with van der Waals surface area (Å²) in [5, 5.41) is 3.47. The summed E-state index contributed by atoms with van der Waals surface area (Å²) in [7, 11) is 0. The number of piperidine rings is 1. The number of rotatable bonds is 7. The van der Waals surface area contributed by atoms with Crippen molar-refractivity contribution < 1.29 is 13.9 Å². The number of ether oxygens (including phenoxy) is 2. The lowest BCUT2D eigenvalue weighted by molar-refractivity contribution is 0.148. The molecule has 0 radical (unpaired) electrons. The van der Waals surface area contributed by atoms with Crippen LogP contribution in [0.5, 0.6) is 11.5 Å². The van der Waals surface area contributed by atoms with Crippen molar-refractivity contribution >= 4 is 11.0 Å². The van der Waals surface area contributed by atoms with Gasteiger partial charge in [-0.05, 0) is 37.1 Å². The number of hydrogen-bond donors (Lipinski definition) is 2. The van der Waals surface area contributed by atoms with Gasteiger partial charge in [-0.15, -0.1) is 0 Å². The van der Waals surface area contributed by atoms with E-state index in [1.807, 2.05) is 6.07 Å². The third kappa shape index (κ3) is 5.03. The molecule has 1 saturated heterocycles. The fourth-order valence-corrected chi connectivity index (χ4v) is 4.62. The van der Waals surface area contributed by atoms with E-state index in [1.54, 1.807) is 16.8 Å². The zero-order chi connectivity index (χ0) is 23.5. The van der Waals surface area contributed by atoms with Crippen LogP contribution in [0, 0.1) is 11.7 Å². The topological polar surface area (TPSA) is 108 Å². The second-order valence-corrected chi connectivity index (χ2v) is 8.84. The molecule has 180 valence electrons. The Bertz CT molecular complexity index is 1220. The molecule has 1 fully saturated rings. The lowest BCUT2D eigenvalue weighted by Crippen LogP contribution is -2.51. The monoisotopic (exact) mass is 468 g/mol. The summed E-state index contributed by atoms with van der Waals surface area (Å²) < 4.78 is 26.5. The van der Waals surface area contributed by atoms with Crippen molar-refractivity contribution in [3.63, 3.8) is 0 Å². The highest BCUT2D eigenvalue weighted by Crippen LogP contribution is 2.29. The minimum Gasteiger partial charge on any atom is -0.486 e. The SMILES string of the molecule is NC1CCN(CCn2c(=O)cnc3ccc(F)cc32)CC1CNCc1cc2c(cn1)OCCO2. The fourth-order valence-electron chi connectivity index (χ4n) is 4.62. The first kappa shape index (κ1) is 22.7. The Balaban J connectivity index is 1.17.